The van der Waals surface area contributed by atoms with Gasteiger partial charge in [0.1, 0.15) is 12.6 Å². The number of rotatable bonds is 7. The Morgan fingerprint density at radius 1 is 1.28 bits per heavy atom. The number of carbonyl (C=O) groups excluding carboxylic acids is 1. The number of benzene rings is 1. The van der Waals surface area contributed by atoms with Crippen molar-refractivity contribution in [3.05, 3.63) is 35.9 Å². The molecular weight excluding hydrogens is 234 g/mol. The quantitative estimate of drug-likeness (QED) is 0.713. The third-order valence-corrected chi connectivity index (χ3v) is 2.43. The van der Waals surface area contributed by atoms with E-state index in [9.17, 15) is 9.59 Å². The van der Waals surface area contributed by atoms with Gasteiger partial charge in [0.05, 0.1) is 0 Å². The summed E-state index contributed by atoms with van der Waals surface area (Å²) >= 11 is 0. The molecule has 1 aromatic carbocycles. The molecule has 3 N–H and O–H groups in total. The van der Waals surface area contributed by atoms with Crippen molar-refractivity contribution in [3.63, 3.8) is 0 Å². The highest BCUT2D eigenvalue weighted by Gasteiger charge is 2.15. The van der Waals surface area contributed by atoms with Crippen LogP contribution in [0.4, 0.5) is 0 Å². The van der Waals surface area contributed by atoms with Gasteiger partial charge in [-0.1, -0.05) is 30.3 Å². The molecule has 0 radical (unpaired) electrons. The van der Waals surface area contributed by atoms with Crippen LogP contribution in [0.2, 0.25) is 0 Å². The monoisotopic (exact) mass is 251 g/mol. The maximum Gasteiger partial charge on any atom is 0.323 e. The highest BCUT2D eigenvalue weighted by atomic mass is 16.5. The maximum atomic E-state index is 11.5. The van der Waals surface area contributed by atoms with Gasteiger partial charge in [-0.3, -0.25) is 9.59 Å². The maximum absolute atomic E-state index is 11.5. The number of nitrogens with two attached hydrogens (primary N) is 1. The van der Waals surface area contributed by atoms with Crippen LogP contribution in [-0.4, -0.2) is 23.1 Å². The van der Waals surface area contributed by atoms with E-state index in [0.29, 0.717) is 12.8 Å². The van der Waals surface area contributed by atoms with E-state index in [1.165, 1.54) is 0 Å². The average molecular weight is 251 g/mol. The minimum Gasteiger partial charge on any atom is -0.481 e. The van der Waals surface area contributed by atoms with Crippen molar-refractivity contribution in [2.24, 2.45) is 5.73 Å². The summed E-state index contributed by atoms with van der Waals surface area (Å²) in [7, 11) is 0. The lowest BCUT2D eigenvalue weighted by Gasteiger charge is -2.10. The summed E-state index contributed by atoms with van der Waals surface area (Å²) in [5.74, 6) is -1.39. The molecule has 0 aromatic heterocycles. The first-order chi connectivity index (χ1) is 8.59. The van der Waals surface area contributed by atoms with Crippen LogP contribution in [0.3, 0.4) is 0 Å². The summed E-state index contributed by atoms with van der Waals surface area (Å²) in [6.45, 7) is 0.187. The minimum absolute atomic E-state index is 0.0136. The molecule has 0 aliphatic heterocycles. The lowest BCUT2D eigenvalue weighted by Crippen LogP contribution is -2.32. The van der Waals surface area contributed by atoms with E-state index in [-0.39, 0.29) is 13.0 Å². The van der Waals surface area contributed by atoms with E-state index in [1.807, 2.05) is 30.3 Å². The van der Waals surface area contributed by atoms with Crippen LogP contribution < -0.4 is 5.73 Å². The second-order valence-corrected chi connectivity index (χ2v) is 3.99. The highest BCUT2D eigenvalue weighted by Crippen LogP contribution is 2.04. The van der Waals surface area contributed by atoms with Crippen molar-refractivity contribution in [1.82, 2.24) is 0 Å². The summed E-state index contributed by atoms with van der Waals surface area (Å²) in [5.41, 5.74) is 6.49. The van der Waals surface area contributed by atoms with E-state index in [4.69, 9.17) is 15.6 Å². The van der Waals surface area contributed by atoms with Crippen LogP contribution in [0.25, 0.3) is 0 Å². The Morgan fingerprint density at radius 2 is 1.94 bits per heavy atom. The third kappa shape index (κ3) is 5.45. The van der Waals surface area contributed by atoms with Gasteiger partial charge in [0.25, 0.3) is 0 Å². The fourth-order valence-electron chi connectivity index (χ4n) is 1.43. The van der Waals surface area contributed by atoms with Crippen molar-refractivity contribution in [2.45, 2.75) is 31.9 Å². The Labute approximate surface area is 106 Å². The molecule has 0 saturated carbocycles. The smallest absolute Gasteiger partial charge is 0.323 e. The summed E-state index contributed by atoms with van der Waals surface area (Å²) in [4.78, 5) is 21.8. The first-order valence-corrected chi connectivity index (χ1v) is 5.77. The number of carboxylic acid groups (broad SMARTS) is 1. The first-order valence-electron chi connectivity index (χ1n) is 5.77. The average Bonchev–Trinajstić information content (AvgIpc) is 2.36. The van der Waals surface area contributed by atoms with E-state index in [2.05, 4.69) is 0 Å². The molecule has 5 heteroatoms. The number of carboxylic acids is 1. The van der Waals surface area contributed by atoms with Crippen LogP contribution in [0.15, 0.2) is 30.3 Å². The molecule has 0 bridgehead atoms. The van der Waals surface area contributed by atoms with Gasteiger partial charge in [0.2, 0.25) is 0 Å². The van der Waals surface area contributed by atoms with E-state index in [0.717, 1.165) is 5.56 Å². The molecule has 1 rings (SSSR count). The number of ether oxygens (including phenoxy) is 1. The molecule has 1 atom stereocenters. The number of esters is 1. The van der Waals surface area contributed by atoms with Gasteiger partial charge >= 0.3 is 11.9 Å². The Kier molecular flexibility index (Phi) is 5.87. The lowest BCUT2D eigenvalue weighted by atomic mass is 10.1. The van der Waals surface area contributed by atoms with Crippen LogP contribution in [0.1, 0.15) is 24.8 Å². The van der Waals surface area contributed by atoms with Crippen LogP contribution in [0.5, 0.6) is 0 Å². The number of hydrogen-bond donors (Lipinski definition) is 2. The first kappa shape index (κ1) is 14.2. The molecule has 0 amide bonds. The fourth-order valence-corrected chi connectivity index (χ4v) is 1.43. The van der Waals surface area contributed by atoms with Crippen LogP contribution in [0, 0.1) is 0 Å². The van der Waals surface area contributed by atoms with Gasteiger partial charge < -0.3 is 15.6 Å². The predicted molar refractivity (Wildman–Crippen MR) is 65.7 cm³/mol. The standard InChI is InChI=1S/C13H17NO4/c14-11(7-4-8-12(15)16)13(17)18-9-10-5-2-1-3-6-10/h1-3,5-6,11H,4,7-9,14H2,(H,15,16). The zero-order chi connectivity index (χ0) is 13.4. The van der Waals surface area contributed by atoms with E-state index >= 15 is 0 Å². The molecule has 1 unspecified atom stereocenters. The Morgan fingerprint density at radius 3 is 2.56 bits per heavy atom. The van der Waals surface area contributed by atoms with E-state index in [1.54, 1.807) is 0 Å². The van der Waals surface area contributed by atoms with Crippen molar-refractivity contribution >= 4 is 11.9 Å². The Bertz CT molecular complexity index is 391. The van der Waals surface area contributed by atoms with Gasteiger partial charge in [-0.25, -0.2) is 0 Å². The van der Waals surface area contributed by atoms with Gasteiger partial charge in [-0.15, -0.1) is 0 Å². The van der Waals surface area contributed by atoms with Crippen molar-refractivity contribution in [3.8, 4) is 0 Å². The Balaban J connectivity index is 2.25. The number of carbonyl (C=O) groups is 2. The molecule has 0 spiro atoms. The zero-order valence-electron chi connectivity index (χ0n) is 10.0. The van der Waals surface area contributed by atoms with Gasteiger partial charge in [-0.05, 0) is 18.4 Å². The van der Waals surface area contributed by atoms with Gasteiger partial charge in [0.15, 0.2) is 0 Å². The summed E-state index contributed by atoms with van der Waals surface area (Å²) in [6.07, 6.45) is 0.705. The summed E-state index contributed by atoms with van der Waals surface area (Å²) < 4.78 is 5.04. The predicted octanol–water partition coefficient (Wildman–Crippen LogP) is 1.31. The van der Waals surface area contributed by atoms with Crippen molar-refractivity contribution in [2.75, 3.05) is 0 Å². The zero-order valence-corrected chi connectivity index (χ0v) is 10.0. The normalized spacial score (nSPS) is 11.8. The Hall–Kier alpha value is -1.88. The number of aliphatic carboxylic acids is 1. The molecule has 0 heterocycles. The van der Waals surface area contributed by atoms with Gasteiger partial charge in [0, 0.05) is 6.42 Å². The lowest BCUT2D eigenvalue weighted by molar-refractivity contribution is -0.147. The number of hydrogen-bond acceptors (Lipinski definition) is 4. The second kappa shape index (κ2) is 7.45. The molecule has 18 heavy (non-hydrogen) atoms. The molecule has 0 fully saturated rings. The molecule has 0 saturated heterocycles. The molecule has 0 aliphatic carbocycles. The summed E-state index contributed by atoms with van der Waals surface area (Å²) in [6, 6.07) is 8.54. The molecule has 98 valence electrons. The minimum atomic E-state index is -0.889. The topological polar surface area (TPSA) is 89.6 Å². The molecule has 0 aliphatic rings. The van der Waals surface area contributed by atoms with Crippen LogP contribution >= 0.6 is 0 Å². The summed E-state index contributed by atoms with van der Waals surface area (Å²) in [5, 5.41) is 8.46. The van der Waals surface area contributed by atoms with Gasteiger partial charge in [-0.2, -0.15) is 0 Å². The third-order valence-electron chi connectivity index (χ3n) is 2.43. The SMILES string of the molecule is NC(CCCC(=O)O)C(=O)OCc1ccccc1. The van der Waals surface area contributed by atoms with Crippen molar-refractivity contribution < 1.29 is 19.4 Å². The largest absolute Gasteiger partial charge is 0.481 e. The molecular formula is C13H17NO4. The van der Waals surface area contributed by atoms with Crippen molar-refractivity contribution in [1.29, 1.82) is 0 Å². The van der Waals surface area contributed by atoms with Crippen LogP contribution in [-0.2, 0) is 20.9 Å². The molecule has 1 aromatic rings. The fraction of sp³-hybridized carbons (Fsp3) is 0.385. The molecule has 5 nitrogen and oxygen atoms in total. The highest BCUT2D eigenvalue weighted by molar-refractivity contribution is 5.75. The van der Waals surface area contributed by atoms with E-state index < -0.39 is 18.0 Å². The second-order valence-electron chi connectivity index (χ2n) is 3.99.